The molecule has 6 rings (SSSR count). The quantitative estimate of drug-likeness (QED) is 0.212. The molecule has 5 aromatic rings. The van der Waals surface area contributed by atoms with Crippen LogP contribution in [0.1, 0.15) is 49.8 Å². The van der Waals surface area contributed by atoms with Gasteiger partial charge in [-0.15, -0.1) is 0 Å². The first-order valence-electron chi connectivity index (χ1n) is 13.3. The van der Waals surface area contributed by atoms with Crippen LogP contribution < -0.4 is 5.56 Å². The first-order valence-corrected chi connectivity index (χ1v) is 13.6. The summed E-state index contributed by atoms with van der Waals surface area (Å²) in [7, 11) is 0. The van der Waals surface area contributed by atoms with Gasteiger partial charge < -0.3 is 14.9 Å². The number of fused-ring (bicyclic) bond motifs is 2. The van der Waals surface area contributed by atoms with E-state index < -0.39 is 23.2 Å². The number of hydrogen-bond donors (Lipinski definition) is 2. The van der Waals surface area contributed by atoms with Crippen LogP contribution in [-0.2, 0) is 21.7 Å². The zero-order valence-corrected chi connectivity index (χ0v) is 23.1. The van der Waals surface area contributed by atoms with Gasteiger partial charge in [-0.25, -0.2) is 18.7 Å². The summed E-state index contributed by atoms with van der Waals surface area (Å²) in [6.45, 7) is 1.81. The second-order valence-corrected chi connectivity index (χ2v) is 10.8. The number of aromatic amines is 1. The van der Waals surface area contributed by atoms with Crippen LogP contribution in [0.25, 0.3) is 27.6 Å². The predicted molar refractivity (Wildman–Crippen MR) is 153 cm³/mol. The second-order valence-electron chi connectivity index (χ2n) is 10.4. The second kappa shape index (κ2) is 10.6. The standard InChI is InChI=1S/C30H24ClF2N5O4/c1-30(29-35-23-13-20(31)21(33)14-24(23)36-29)15-25(37-42-30)16-6-11-19-22(12-16)34-26(4-2-3-5-27(39)40)38(28(19)41)18-9-7-17(32)8-10-18/h6-14H,2-5,15H2,1H3,(H,35,36)(H,39,40)/t30-/m0/s1. The van der Waals surface area contributed by atoms with Gasteiger partial charge in [-0.3, -0.25) is 14.2 Å². The van der Waals surface area contributed by atoms with E-state index in [4.69, 9.17) is 26.5 Å². The highest BCUT2D eigenvalue weighted by Gasteiger charge is 2.40. The molecule has 1 aliphatic rings. The van der Waals surface area contributed by atoms with Crippen LogP contribution in [0, 0.1) is 11.6 Å². The number of carboxylic acids is 1. The molecule has 0 aliphatic carbocycles. The molecule has 1 aliphatic heterocycles. The molecule has 9 nitrogen and oxygen atoms in total. The van der Waals surface area contributed by atoms with Gasteiger partial charge in [0.1, 0.15) is 17.5 Å². The van der Waals surface area contributed by atoms with E-state index in [2.05, 4.69) is 15.1 Å². The highest BCUT2D eigenvalue weighted by molar-refractivity contribution is 6.31. The Labute approximate surface area is 242 Å². The highest BCUT2D eigenvalue weighted by atomic mass is 35.5. The first kappa shape index (κ1) is 27.5. The lowest BCUT2D eigenvalue weighted by atomic mass is 9.95. The summed E-state index contributed by atoms with van der Waals surface area (Å²) in [5.74, 6) is -0.991. The molecule has 0 bridgehead atoms. The highest BCUT2D eigenvalue weighted by Crippen LogP contribution is 2.36. The maximum atomic E-state index is 14.0. The van der Waals surface area contributed by atoms with Crippen LogP contribution in [-0.4, -0.2) is 36.3 Å². The van der Waals surface area contributed by atoms with Gasteiger partial charge >= 0.3 is 5.97 Å². The Kier molecular flexibility index (Phi) is 6.97. The summed E-state index contributed by atoms with van der Waals surface area (Å²) in [4.78, 5) is 42.9. The predicted octanol–water partition coefficient (Wildman–Crippen LogP) is 6.03. The SMILES string of the molecule is C[C@@]1(c2nc3cc(Cl)c(F)cc3[nH]2)CC(c2ccc3c(=O)n(-c4ccc(F)cc4)c(CCCCC(=O)O)nc3c2)=NO1. The van der Waals surface area contributed by atoms with Crippen molar-refractivity contribution in [2.24, 2.45) is 5.16 Å². The summed E-state index contributed by atoms with van der Waals surface area (Å²) >= 11 is 5.91. The number of aromatic nitrogens is 4. The van der Waals surface area contributed by atoms with Gasteiger partial charge in [0, 0.05) is 30.9 Å². The van der Waals surface area contributed by atoms with Crippen LogP contribution in [0.5, 0.6) is 0 Å². The maximum absolute atomic E-state index is 14.0. The summed E-state index contributed by atoms with van der Waals surface area (Å²) in [5.41, 5.74) is 1.90. The van der Waals surface area contributed by atoms with Crippen molar-refractivity contribution in [3.8, 4) is 5.69 Å². The number of oxime groups is 1. The molecule has 2 N–H and O–H groups in total. The number of carboxylic acid groups (broad SMARTS) is 1. The van der Waals surface area contributed by atoms with Gasteiger partial charge in [-0.2, -0.15) is 0 Å². The van der Waals surface area contributed by atoms with Crippen molar-refractivity contribution in [1.29, 1.82) is 0 Å². The Morgan fingerprint density at radius 3 is 2.64 bits per heavy atom. The number of benzene rings is 3. The van der Waals surface area contributed by atoms with Gasteiger partial charge in [0.25, 0.3) is 5.56 Å². The summed E-state index contributed by atoms with van der Waals surface area (Å²) in [5, 5.41) is 13.6. The van der Waals surface area contributed by atoms with Crippen molar-refractivity contribution in [3.63, 3.8) is 0 Å². The molecule has 2 aromatic heterocycles. The first-order chi connectivity index (χ1) is 20.1. The molecular formula is C30H24ClF2N5O4. The fraction of sp³-hybridized carbons (Fsp3) is 0.233. The number of hydrogen-bond acceptors (Lipinski definition) is 6. The fourth-order valence-electron chi connectivity index (χ4n) is 5.07. The third-order valence-electron chi connectivity index (χ3n) is 7.28. The Bertz CT molecular complexity index is 1920. The number of H-pyrrole nitrogens is 1. The van der Waals surface area contributed by atoms with Crippen molar-refractivity contribution in [1.82, 2.24) is 19.5 Å². The number of nitrogens with zero attached hydrogens (tertiary/aromatic N) is 4. The number of halogens is 3. The van der Waals surface area contributed by atoms with Crippen LogP contribution in [0.4, 0.5) is 8.78 Å². The van der Waals surface area contributed by atoms with Crippen LogP contribution in [0.2, 0.25) is 5.02 Å². The average molecular weight is 592 g/mol. The summed E-state index contributed by atoms with van der Waals surface area (Å²) < 4.78 is 29.0. The normalized spacial score (nSPS) is 16.6. The van der Waals surface area contributed by atoms with Crippen molar-refractivity contribution in [2.45, 2.75) is 44.6 Å². The van der Waals surface area contributed by atoms with Crippen molar-refractivity contribution < 1.29 is 23.5 Å². The van der Waals surface area contributed by atoms with E-state index >= 15 is 0 Å². The third-order valence-corrected chi connectivity index (χ3v) is 7.57. The van der Waals surface area contributed by atoms with E-state index in [1.807, 2.05) is 6.92 Å². The molecule has 0 radical (unpaired) electrons. The van der Waals surface area contributed by atoms with E-state index in [9.17, 15) is 18.4 Å². The molecule has 3 heterocycles. The summed E-state index contributed by atoms with van der Waals surface area (Å²) in [6.07, 6.45) is 1.60. The molecule has 0 spiro atoms. The van der Waals surface area contributed by atoms with Crippen LogP contribution in [0.15, 0.2) is 64.5 Å². The molecule has 3 aromatic carbocycles. The van der Waals surface area contributed by atoms with Crippen LogP contribution >= 0.6 is 11.6 Å². The minimum atomic E-state index is -0.957. The lowest BCUT2D eigenvalue weighted by Gasteiger charge is -2.18. The molecule has 0 saturated carbocycles. The Hall–Kier alpha value is -4.64. The average Bonchev–Trinajstić information content (AvgIpc) is 3.56. The van der Waals surface area contributed by atoms with Crippen molar-refractivity contribution >= 4 is 45.2 Å². The molecule has 12 heteroatoms. The number of carbonyl (C=O) groups is 1. The van der Waals surface area contributed by atoms with Crippen molar-refractivity contribution in [2.75, 3.05) is 0 Å². The molecule has 0 unspecified atom stereocenters. The minimum absolute atomic E-state index is 0.00428. The number of aryl methyl sites for hydroxylation is 1. The molecule has 42 heavy (non-hydrogen) atoms. The molecule has 1 atom stereocenters. The molecule has 0 saturated heterocycles. The Balaban J connectivity index is 1.34. The minimum Gasteiger partial charge on any atom is -0.481 e. The zero-order chi connectivity index (χ0) is 29.6. The fourth-order valence-corrected chi connectivity index (χ4v) is 5.23. The molecular weight excluding hydrogens is 568 g/mol. The zero-order valence-electron chi connectivity index (χ0n) is 22.3. The Morgan fingerprint density at radius 2 is 1.88 bits per heavy atom. The molecule has 214 valence electrons. The van der Waals surface area contributed by atoms with Gasteiger partial charge in [0.15, 0.2) is 11.4 Å². The lowest BCUT2D eigenvalue weighted by Crippen LogP contribution is -2.25. The maximum Gasteiger partial charge on any atom is 0.303 e. The van der Waals surface area contributed by atoms with E-state index in [1.165, 1.54) is 41.0 Å². The van der Waals surface area contributed by atoms with E-state index in [1.54, 1.807) is 18.2 Å². The van der Waals surface area contributed by atoms with Gasteiger partial charge in [-0.05, 0) is 62.2 Å². The van der Waals surface area contributed by atoms with Gasteiger partial charge in [0.2, 0.25) is 0 Å². The Morgan fingerprint density at radius 1 is 1.10 bits per heavy atom. The topological polar surface area (TPSA) is 122 Å². The van der Waals surface area contributed by atoms with Gasteiger partial charge in [-0.1, -0.05) is 22.8 Å². The molecule has 0 amide bonds. The van der Waals surface area contributed by atoms with Crippen LogP contribution in [0.3, 0.4) is 0 Å². The lowest BCUT2D eigenvalue weighted by molar-refractivity contribution is -0.137. The number of rotatable bonds is 8. The third kappa shape index (κ3) is 5.11. The molecule has 0 fully saturated rings. The smallest absolute Gasteiger partial charge is 0.303 e. The number of imidazole rings is 1. The largest absolute Gasteiger partial charge is 0.481 e. The van der Waals surface area contributed by atoms with Crippen molar-refractivity contribution in [3.05, 3.63) is 98.8 Å². The van der Waals surface area contributed by atoms with E-state index in [0.29, 0.717) is 76.2 Å². The summed E-state index contributed by atoms with van der Waals surface area (Å²) in [6, 6.07) is 13.5. The van der Waals surface area contributed by atoms with E-state index in [-0.39, 0.29) is 17.0 Å². The van der Waals surface area contributed by atoms with Gasteiger partial charge in [0.05, 0.1) is 38.4 Å². The number of nitrogens with one attached hydrogen (secondary N) is 1. The van der Waals surface area contributed by atoms with E-state index in [0.717, 1.165) is 0 Å². The number of aliphatic carboxylic acids is 1. The number of unbranched alkanes of at least 4 members (excludes halogenated alkanes) is 1. The monoisotopic (exact) mass is 591 g/mol.